The van der Waals surface area contributed by atoms with Crippen molar-refractivity contribution in [2.45, 2.75) is 13.3 Å². The average Bonchev–Trinajstić information content (AvgIpc) is 2.78. The van der Waals surface area contributed by atoms with Crippen molar-refractivity contribution in [3.8, 4) is 5.75 Å². The highest BCUT2D eigenvalue weighted by Gasteiger charge is 2.10. The number of carbonyl (C=O) groups is 1. The Hall–Kier alpha value is -2.90. The maximum absolute atomic E-state index is 12.3. The molecule has 0 saturated carbocycles. The summed E-state index contributed by atoms with van der Waals surface area (Å²) in [6.45, 7) is 1.98. The molecule has 7 heteroatoms. The Kier molecular flexibility index (Phi) is 8.44. The van der Waals surface area contributed by atoms with Gasteiger partial charge in [-0.3, -0.25) is 4.79 Å². The SMILES string of the molecule is C/C=C\SCCS/C=C(\N)C(=O)Oc1cccc(Cc2c[nH]c(=O)c3ccccc23)c1. The van der Waals surface area contributed by atoms with Crippen LogP contribution >= 0.6 is 23.5 Å². The normalized spacial score (nSPS) is 11.8. The second kappa shape index (κ2) is 11.5. The number of carbonyl (C=O) groups excluding carboxylic acids is 1. The fourth-order valence-electron chi connectivity index (χ4n) is 2.98. The van der Waals surface area contributed by atoms with Crippen molar-refractivity contribution < 1.29 is 9.53 Å². The molecule has 160 valence electrons. The van der Waals surface area contributed by atoms with E-state index >= 15 is 0 Å². The molecule has 0 unspecified atom stereocenters. The zero-order chi connectivity index (χ0) is 22.1. The van der Waals surface area contributed by atoms with Crippen LogP contribution in [0.3, 0.4) is 0 Å². The molecule has 0 radical (unpaired) electrons. The van der Waals surface area contributed by atoms with Gasteiger partial charge in [0, 0.05) is 28.5 Å². The van der Waals surface area contributed by atoms with E-state index in [1.54, 1.807) is 29.4 Å². The summed E-state index contributed by atoms with van der Waals surface area (Å²) in [6, 6.07) is 14.8. The number of thioether (sulfide) groups is 2. The van der Waals surface area contributed by atoms with Gasteiger partial charge in [0.15, 0.2) is 0 Å². The van der Waals surface area contributed by atoms with Crippen LogP contribution in [0.4, 0.5) is 0 Å². The van der Waals surface area contributed by atoms with E-state index in [4.69, 9.17) is 10.5 Å². The first-order valence-electron chi connectivity index (χ1n) is 9.79. The monoisotopic (exact) mass is 452 g/mol. The van der Waals surface area contributed by atoms with E-state index in [1.807, 2.05) is 60.9 Å². The van der Waals surface area contributed by atoms with Crippen molar-refractivity contribution in [2.75, 3.05) is 11.5 Å². The quantitative estimate of drug-likeness (QED) is 0.209. The number of rotatable bonds is 9. The number of ether oxygens (including phenoxy) is 1. The van der Waals surface area contributed by atoms with Gasteiger partial charge in [-0.1, -0.05) is 36.4 Å². The number of allylic oxidation sites excluding steroid dienone is 1. The minimum Gasteiger partial charge on any atom is -0.422 e. The van der Waals surface area contributed by atoms with E-state index in [1.165, 1.54) is 11.8 Å². The molecule has 0 fully saturated rings. The van der Waals surface area contributed by atoms with Crippen LogP contribution in [0.2, 0.25) is 0 Å². The predicted molar refractivity (Wildman–Crippen MR) is 131 cm³/mol. The third-order valence-corrected chi connectivity index (χ3v) is 6.42. The summed E-state index contributed by atoms with van der Waals surface area (Å²) in [4.78, 5) is 27.1. The van der Waals surface area contributed by atoms with Crippen LogP contribution in [0.5, 0.6) is 5.75 Å². The Bertz CT molecular complexity index is 1170. The van der Waals surface area contributed by atoms with E-state index in [0.29, 0.717) is 17.6 Å². The topological polar surface area (TPSA) is 85.2 Å². The Labute approximate surface area is 189 Å². The third kappa shape index (κ3) is 6.54. The number of aromatic nitrogens is 1. The van der Waals surface area contributed by atoms with Crippen molar-refractivity contribution in [3.63, 3.8) is 0 Å². The fraction of sp³-hybridized carbons (Fsp3) is 0.167. The minimum atomic E-state index is -0.569. The number of nitrogens with one attached hydrogen (secondary N) is 1. The van der Waals surface area contributed by atoms with Gasteiger partial charge in [-0.15, -0.1) is 23.5 Å². The molecule has 0 spiro atoms. The number of benzene rings is 2. The van der Waals surface area contributed by atoms with Gasteiger partial charge in [0.05, 0.1) is 0 Å². The lowest BCUT2D eigenvalue weighted by molar-refractivity contribution is -0.130. The number of esters is 1. The van der Waals surface area contributed by atoms with Crippen molar-refractivity contribution in [1.29, 1.82) is 0 Å². The minimum absolute atomic E-state index is 0.0815. The number of hydrogen-bond donors (Lipinski definition) is 2. The summed E-state index contributed by atoms with van der Waals surface area (Å²) >= 11 is 3.20. The van der Waals surface area contributed by atoms with E-state index < -0.39 is 5.97 Å². The van der Waals surface area contributed by atoms with Gasteiger partial charge >= 0.3 is 5.97 Å². The summed E-state index contributed by atoms with van der Waals surface area (Å²) in [5.41, 5.74) is 7.78. The van der Waals surface area contributed by atoms with Gasteiger partial charge < -0.3 is 15.5 Å². The summed E-state index contributed by atoms with van der Waals surface area (Å²) in [7, 11) is 0. The molecular weight excluding hydrogens is 428 g/mol. The number of aromatic amines is 1. The van der Waals surface area contributed by atoms with Crippen LogP contribution in [0.15, 0.2) is 82.1 Å². The molecule has 3 aromatic rings. The average molecular weight is 453 g/mol. The van der Waals surface area contributed by atoms with Gasteiger partial charge in [0.2, 0.25) is 0 Å². The lowest BCUT2D eigenvalue weighted by atomic mass is 10.0. The molecule has 5 nitrogen and oxygen atoms in total. The lowest BCUT2D eigenvalue weighted by Crippen LogP contribution is -2.17. The Morgan fingerprint density at radius 2 is 1.87 bits per heavy atom. The van der Waals surface area contributed by atoms with Crippen LogP contribution in [0.25, 0.3) is 10.8 Å². The standard InChI is InChI=1S/C24H24N2O3S2/c1-2-10-30-11-12-31-16-22(25)24(28)29-19-7-5-6-17(14-19)13-18-15-26-23(27)21-9-4-3-8-20(18)21/h2-10,14-16H,11-13,25H2,1H3,(H,26,27)/b10-2-,22-16-. The van der Waals surface area contributed by atoms with Crippen molar-refractivity contribution in [3.05, 3.63) is 98.8 Å². The molecule has 0 aliphatic carbocycles. The first-order chi connectivity index (χ1) is 15.1. The van der Waals surface area contributed by atoms with Gasteiger partial charge in [-0.05, 0) is 53.5 Å². The molecule has 0 bridgehead atoms. The fourth-order valence-corrected chi connectivity index (χ4v) is 4.47. The largest absolute Gasteiger partial charge is 0.422 e. The second-order valence-corrected chi connectivity index (χ2v) is 8.68. The highest BCUT2D eigenvalue weighted by atomic mass is 32.2. The molecule has 0 aliphatic heterocycles. The van der Waals surface area contributed by atoms with Crippen LogP contribution in [0, 0.1) is 0 Å². The van der Waals surface area contributed by atoms with Crippen LogP contribution in [0.1, 0.15) is 18.1 Å². The van der Waals surface area contributed by atoms with Gasteiger partial charge in [0.1, 0.15) is 11.4 Å². The molecule has 1 heterocycles. The summed E-state index contributed by atoms with van der Waals surface area (Å²) in [5, 5.41) is 5.23. The van der Waals surface area contributed by atoms with Crippen LogP contribution in [-0.2, 0) is 11.2 Å². The van der Waals surface area contributed by atoms with Crippen molar-refractivity contribution in [2.24, 2.45) is 5.73 Å². The molecule has 0 saturated heterocycles. The van der Waals surface area contributed by atoms with E-state index in [-0.39, 0.29) is 11.3 Å². The van der Waals surface area contributed by atoms with Crippen molar-refractivity contribution >= 4 is 40.3 Å². The highest BCUT2D eigenvalue weighted by Crippen LogP contribution is 2.21. The second-order valence-electron chi connectivity index (χ2n) is 6.69. The third-order valence-electron chi connectivity index (χ3n) is 4.40. The first-order valence-corrected chi connectivity index (χ1v) is 11.9. The molecular formula is C24H24N2O3S2. The molecule has 2 aromatic carbocycles. The molecule has 31 heavy (non-hydrogen) atoms. The Morgan fingerprint density at radius 1 is 1.10 bits per heavy atom. The Morgan fingerprint density at radius 3 is 2.68 bits per heavy atom. The molecule has 3 N–H and O–H groups in total. The summed E-state index contributed by atoms with van der Waals surface area (Å²) < 4.78 is 5.44. The molecule has 1 aromatic heterocycles. The van der Waals surface area contributed by atoms with Gasteiger partial charge in [-0.2, -0.15) is 0 Å². The number of fused-ring (bicyclic) bond motifs is 1. The number of nitrogens with two attached hydrogens (primary N) is 1. The lowest BCUT2D eigenvalue weighted by Gasteiger charge is -2.09. The summed E-state index contributed by atoms with van der Waals surface area (Å²) in [6.07, 6.45) is 4.31. The number of pyridine rings is 1. The van der Waals surface area contributed by atoms with E-state index in [0.717, 1.165) is 28.0 Å². The van der Waals surface area contributed by atoms with E-state index in [2.05, 4.69) is 4.98 Å². The smallest absolute Gasteiger partial charge is 0.360 e. The predicted octanol–water partition coefficient (Wildman–Crippen LogP) is 4.82. The molecule has 0 atom stereocenters. The van der Waals surface area contributed by atoms with Crippen molar-refractivity contribution in [1.82, 2.24) is 4.98 Å². The molecule has 3 rings (SSSR count). The number of hydrogen-bond acceptors (Lipinski definition) is 6. The van der Waals surface area contributed by atoms with Gasteiger partial charge in [-0.25, -0.2) is 4.79 Å². The first kappa shape index (κ1) is 22.8. The van der Waals surface area contributed by atoms with Gasteiger partial charge in [0.25, 0.3) is 5.56 Å². The zero-order valence-electron chi connectivity index (χ0n) is 17.2. The Balaban J connectivity index is 1.65. The van der Waals surface area contributed by atoms with E-state index in [9.17, 15) is 9.59 Å². The van der Waals surface area contributed by atoms with Crippen LogP contribution < -0.4 is 16.0 Å². The maximum atomic E-state index is 12.3. The van der Waals surface area contributed by atoms with Crippen LogP contribution in [-0.4, -0.2) is 22.5 Å². The highest BCUT2D eigenvalue weighted by molar-refractivity contribution is 8.05. The number of H-pyrrole nitrogens is 1. The molecule has 0 aliphatic rings. The maximum Gasteiger partial charge on any atom is 0.360 e. The zero-order valence-corrected chi connectivity index (χ0v) is 18.8. The molecule has 0 amide bonds. The summed E-state index contributed by atoms with van der Waals surface area (Å²) in [5.74, 6) is 1.66.